The molecule has 1 saturated heterocycles. The van der Waals surface area contributed by atoms with E-state index in [2.05, 4.69) is 22.5 Å². The molecule has 0 bridgehead atoms. The number of carbonyl (C=O) groups is 1. The summed E-state index contributed by atoms with van der Waals surface area (Å²) >= 11 is 0. The number of nitrogens with one attached hydrogen (secondary N) is 2. The Hall–Kier alpha value is -1.94. The van der Waals surface area contributed by atoms with Crippen LogP contribution in [0, 0.1) is 12.3 Å². The van der Waals surface area contributed by atoms with Crippen LogP contribution < -0.4 is 10.6 Å². The molecular weight excluding hydrogens is 262 g/mol. The van der Waals surface area contributed by atoms with E-state index >= 15 is 0 Å². The number of aryl methyl sites for hydroxylation is 1. The summed E-state index contributed by atoms with van der Waals surface area (Å²) in [6.45, 7) is 5.81. The normalized spacial score (nSPS) is 17.6. The van der Waals surface area contributed by atoms with Crippen molar-refractivity contribution in [2.24, 2.45) is 5.41 Å². The Balaban J connectivity index is 1.92. The highest BCUT2D eigenvalue weighted by Gasteiger charge is 2.34. The molecule has 110 valence electrons. The van der Waals surface area contributed by atoms with Crippen LogP contribution in [-0.4, -0.2) is 24.0 Å². The van der Waals surface area contributed by atoms with Gasteiger partial charge >= 0.3 is 0 Å². The number of nitrogens with zero attached hydrogens (tertiary/aromatic N) is 1. The van der Waals surface area contributed by atoms with Gasteiger partial charge in [-0.2, -0.15) is 0 Å². The van der Waals surface area contributed by atoms with E-state index in [0.717, 1.165) is 48.2 Å². The van der Waals surface area contributed by atoms with Crippen LogP contribution in [0.15, 0.2) is 30.3 Å². The maximum atomic E-state index is 12.7. The molecule has 2 heterocycles. The molecule has 0 aliphatic carbocycles. The Morgan fingerprint density at radius 1 is 1.29 bits per heavy atom. The first kappa shape index (κ1) is 14.0. The van der Waals surface area contributed by atoms with Gasteiger partial charge in [-0.1, -0.05) is 25.1 Å². The standard InChI is InChI=1S/C17H21N3O/c1-12-11-15(13-5-3-4-6-14(13)19-12)20-16(21)17(2)7-9-18-10-8-17/h3-6,11,18H,7-10H2,1-2H3,(H,19,20,21). The number of fused-ring (bicyclic) bond motifs is 1. The number of para-hydroxylation sites is 1. The van der Waals surface area contributed by atoms with Crippen LogP contribution in [0.2, 0.25) is 0 Å². The number of rotatable bonds is 2. The van der Waals surface area contributed by atoms with Crippen molar-refractivity contribution in [3.05, 3.63) is 36.0 Å². The molecule has 4 heteroatoms. The van der Waals surface area contributed by atoms with E-state index in [1.807, 2.05) is 37.3 Å². The molecule has 2 N–H and O–H groups in total. The average molecular weight is 283 g/mol. The first-order valence-electron chi connectivity index (χ1n) is 7.47. The maximum absolute atomic E-state index is 12.7. The van der Waals surface area contributed by atoms with E-state index in [9.17, 15) is 4.79 Å². The highest BCUT2D eigenvalue weighted by atomic mass is 16.2. The van der Waals surface area contributed by atoms with Crippen molar-refractivity contribution < 1.29 is 4.79 Å². The van der Waals surface area contributed by atoms with Gasteiger partial charge in [0.2, 0.25) is 5.91 Å². The number of carbonyl (C=O) groups excluding carboxylic acids is 1. The molecule has 3 rings (SSSR count). The molecule has 1 aliphatic rings. The highest BCUT2D eigenvalue weighted by Crippen LogP contribution is 2.31. The largest absolute Gasteiger partial charge is 0.325 e. The van der Waals surface area contributed by atoms with Gasteiger partial charge < -0.3 is 10.6 Å². The van der Waals surface area contributed by atoms with Crippen LogP contribution >= 0.6 is 0 Å². The van der Waals surface area contributed by atoms with Crippen molar-refractivity contribution in [2.75, 3.05) is 18.4 Å². The number of amides is 1. The second kappa shape index (κ2) is 5.45. The highest BCUT2D eigenvalue weighted by molar-refractivity contribution is 6.03. The Kier molecular flexibility index (Phi) is 3.64. The van der Waals surface area contributed by atoms with Gasteiger partial charge in [0.05, 0.1) is 11.2 Å². The predicted octanol–water partition coefficient (Wildman–Crippen LogP) is 2.87. The first-order valence-corrected chi connectivity index (χ1v) is 7.47. The monoisotopic (exact) mass is 283 g/mol. The zero-order valence-corrected chi connectivity index (χ0v) is 12.6. The molecule has 1 fully saturated rings. The van der Waals surface area contributed by atoms with E-state index in [0.29, 0.717) is 0 Å². The maximum Gasteiger partial charge on any atom is 0.230 e. The minimum atomic E-state index is -0.288. The topological polar surface area (TPSA) is 54.0 Å². The van der Waals surface area contributed by atoms with Gasteiger partial charge in [0, 0.05) is 16.5 Å². The summed E-state index contributed by atoms with van der Waals surface area (Å²) in [5.41, 5.74) is 2.41. The summed E-state index contributed by atoms with van der Waals surface area (Å²) in [6, 6.07) is 9.87. The Labute approximate surface area is 125 Å². The number of pyridine rings is 1. The van der Waals surface area contributed by atoms with Crippen LogP contribution in [-0.2, 0) is 4.79 Å². The van der Waals surface area contributed by atoms with Gasteiger partial charge in [-0.25, -0.2) is 0 Å². The zero-order chi connectivity index (χ0) is 14.9. The third-order valence-corrected chi connectivity index (χ3v) is 4.35. The third kappa shape index (κ3) is 2.76. The number of hydrogen-bond donors (Lipinski definition) is 2. The van der Waals surface area contributed by atoms with E-state index in [4.69, 9.17) is 0 Å². The zero-order valence-electron chi connectivity index (χ0n) is 12.6. The van der Waals surface area contributed by atoms with Gasteiger partial charge in [-0.05, 0) is 45.0 Å². The molecule has 0 spiro atoms. The van der Waals surface area contributed by atoms with Crippen molar-refractivity contribution >= 4 is 22.5 Å². The lowest BCUT2D eigenvalue weighted by atomic mass is 9.80. The fraction of sp³-hybridized carbons (Fsp3) is 0.412. The van der Waals surface area contributed by atoms with Gasteiger partial charge in [0.25, 0.3) is 0 Å². The molecule has 1 aromatic heterocycles. The van der Waals surface area contributed by atoms with E-state index in [-0.39, 0.29) is 11.3 Å². The van der Waals surface area contributed by atoms with Crippen LogP contribution in [0.4, 0.5) is 5.69 Å². The minimum Gasteiger partial charge on any atom is -0.325 e. The SMILES string of the molecule is Cc1cc(NC(=O)C2(C)CCNCC2)c2ccccc2n1. The van der Waals surface area contributed by atoms with Crippen molar-refractivity contribution in [1.29, 1.82) is 0 Å². The van der Waals surface area contributed by atoms with Crippen molar-refractivity contribution in [1.82, 2.24) is 10.3 Å². The van der Waals surface area contributed by atoms with Gasteiger partial charge in [-0.3, -0.25) is 9.78 Å². The van der Waals surface area contributed by atoms with Crippen LogP contribution in [0.25, 0.3) is 10.9 Å². The number of anilines is 1. The van der Waals surface area contributed by atoms with Crippen molar-refractivity contribution in [2.45, 2.75) is 26.7 Å². The van der Waals surface area contributed by atoms with Gasteiger partial charge in [0.1, 0.15) is 0 Å². The van der Waals surface area contributed by atoms with Crippen LogP contribution in [0.1, 0.15) is 25.5 Å². The molecular formula is C17H21N3O. The summed E-state index contributed by atoms with van der Waals surface area (Å²) in [7, 11) is 0. The molecule has 1 aliphatic heterocycles. The minimum absolute atomic E-state index is 0.111. The number of benzene rings is 1. The average Bonchev–Trinajstić information content (AvgIpc) is 2.47. The Morgan fingerprint density at radius 3 is 2.76 bits per heavy atom. The summed E-state index contributed by atoms with van der Waals surface area (Å²) in [6.07, 6.45) is 1.75. The predicted molar refractivity (Wildman–Crippen MR) is 85.3 cm³/mol. The van der Waals surface area contributed by atoms with E-state index in [1.54, 1.807) is 0 Å². The fourth-order valence-electron chi connectivity index (χ4n) is 2.89. The molecule has 0 saturated carbocycles. The van der Waals surface area contributed by atoms with Gasteiger partial charge in [0.15, 0.2) is 0 Å². The Bertz CT molecular complexity index is 675. The first-order chi connectivity index (χ1) is 10.1. The molecule has 1 aromatic carbocycles. The fourth-order valence-corrected chi connectivity index (χ4v) is 2.89. The molecule has 0 atom stereocenters. The van der Waals surface area contributed by atoms with E-state index in [1.165, 1.54) is 0 Å². The quantitative estimate of drug-likeness (QED) is 0.891. The number of aromatic nitrogens is 1. The smallest absolute Gasteiger partial charge is 0.230 e. The van der Waals surface area contributed by atoms with E-state index < -0.39 is 0 Å². The lowest BCUT2D eigenvalue weighted by Crippen LogP contribution is -2.42. The molecule has 2 aromatic rings. The third-order valence-electron chi connectivity index (χ3n) is 4.35. The number of hydrogen-bond acceptors (Lipinski definition) is 3. The van der Waals surface area contributed by atoms with Crippen molar-refractivity contribution in [3.8, 4) is 0 Å². The molecule has 21 heavy (non-hydrogen) atoms. The van der Waals surface area contributed by atoms with Crippen molar-refractivity contribution in [3.63, 3.8) is 0 Å². The second-order valence-corrected chi connectivity index (χ2v) is 6.09. The summed E-state index contributed by atoms with van der Waals surface area (Å²) in [4.78, 5) is 17.2. The lowest BCUT2D eigenvalue weighted by molar-refractivity contribution is -0.126. The lowest BCUT2D eigenvalue weighted by Gasteiger charge is -2.32. The molecule has 1 amide bonds. The van der Waals surface area contributed by atoms with Crippen LogP contribution in [0.3, 0.4) is 0 Å². The Morgan fingerprint density at radius 2 is 2.00 bits per heavy atom. The van der Waals surface area contributed by atoms with Gasteiger partial charge in [-0.15, -0.1) is 0 Å². The molecule has 4 nitrogen and oxygen atoms in total. The number of piperidine rings is 1. The second-order valence-electron chi connectivity index (χ2n) is 6.09. The summed E-state index contributed by atoms with van der Waals surface area (Å²) < 4.78 is 0. The summed E-state index contributed by atoms with van der Waals surface area (Å²) in [5.74, 6) is 0.111. The van der Waals surface area contributed by atoms with Crippen LogP contribution in [0.5, 0.6) is 0 Å². The molecule has 0 radical (unpaired) electrons. The molecule has 0 unspecified atom stereocenters. The summed E-state index contributed by atoms with van der Waals surface area (Å²) in [5, 5.41) is 7.43.